The molecule has 0 saturated heterocycles. The second kappa shape index (κ2) is 10.9. The Morgan fingerprint density at radius 1 is 1.00 bits per heavy atom. The van der Waals surface area contributed by atoms with Gasteiger partial charge in [-0.3, -0.25) is 4.79 Å². The van der Waals surface area contributed by atoms with Crippen LogP contribution in [0, 0.1) is 11.8 Å². The summed E-state index contributed by atoms with van der Waals surface area (Å²) in [6.45, 7) is 12.1. The van der Waals surface area contributed by atoms with Crippen LogP contribution in [0.3, 0.4) is 0 Å². The van der Waals surface area contributed by atoms with E-state index < -0.39 is 41.5 Å². The molecule has 0 aliphatic carbocycles. The van der Waals surface area contributed by atoms with E-state index in [1.165, 1.54) is 7.11 Å². The first-order chi connectivity index (χ1) is 12.3. The Balaban J connectivity index is 4.97. The standard InChI is InChI=1S/C19H33FN2O5/c1-11(2)15(22-18(25)27-19(5,6)7)13(20)9-10-14(23)21-16(12(3)4)17(24)26-8/h9,11-12,15-16H,10H2,1-8H3,(H,21,23)(H,22,25)/b13-9-/t15?,16-/m0/s1. The zero-order valence-electron chi connectivity index (χ0n) is 17.5. The van der Waals surface area contributed by atoms with Crippen molar-refractivity contribution in [2.24, 2.45) is 11.8 Å². The van der Waals surface area contributed by atoms with E-state index in [2.05, 4.69) is 15.4 Å². The molecule has 2 N–H and O–H groups in total. The van der Waals surface area contributed by atoms with Gasteiger partial charge in [0.1, 0.15) is 17.5 Å². The van der Waals surface area contributed by atoms with Gasteiger partial charge in [-0.05, 0) is 38.7 Å². The summed E-state index contributed by atoms with van der Waals surface area (Å²) in [6.07, 6.45) is 0.0804. The highest BCUT2D eigenvalue weighted by Crippen LogP contribution is 2.16. The normalized spacial score (nSPS) is 14.6. The minimum atomic E-state index is -0.922. The van der Waals surface area contributed by atoms with Crippen LogP contribution in [0.25, 0.3) is 0 Å². The number of hydrogen-bond acceptors (Lipinski definition) is 5. The largest absolute Gasteiger partial charge is 0.467 e. The van der Waals surface area contributed by atoms with Crippen molar-refractivity contribution in [1.29, 1.82) is 0 Å². The Labute approximate surface area is 161 Å². The number of carbonyl (C=O) groups is 3. The van der Waals surface area contributed by atoms with E-state index in [9.17, 15) is 18.8 Å². The van der Waals surface area contributed by atoms with Gasteiger partial charge in [0.15, 0.2) is 0 Å². The van der Waals surface area contributed by atoms with Crippen molar-refractivity contribution in [2.75, 3.05) is 7.11 Å². The second-order valence-corrected chi connectivity index (χ2v) is 7.97. The molecule has 0 rings (SSSR count). The van der Waals surface area contributed by atoms with E-state index in [0.29, 0.717) is 0 Å². The molecule has 156 valence electrons. The summed E-state index contributed by atoms with van der Waals surface area (Å²) in [5, 5.41) is 5.00. The number of methoxy groups -OCH3 is 1. The fourth-order valence-corrected chi connectivity index (χ4v) is 2.16. The maximum Gasteiger partial charge on any atom is 0.408 e. The molecule has 2 atom stereocenters. The Hall–Kier alpha value is -2.12. The lowest BCUT2D eigenvalue weighted by Gasteiger charge is -2.25. The quantitative estimate of drug-likeness (QED) is 0.623. The number of amides is 2. The lowest BCUT2D eigenvalue weighted by Crippen LogP contribution is -2.45. The highest BCUT2D eigenvalue weighted by Gasteiger charge is 2.26. The molecule has 0 aliphatic rings. The number of carbonyl (C=O) groups excluding carboxylic acids is 3. The first kappa shape index (κ1) is 24.9. The van der Waals surface area contributed by atoms with Crippen molar-refractivity contribution in [3.8, 4) is 0 Å². The fraction of sp³-hybridized carbons (Fsp3) is 0.737. The van der Waals surface area contributed by atoms with Gasteiger partial charge < -0.3 is 20.1 Å². The summed E-state index contributed by atoms with van der Waals surface area (Å²) in [5.41, 5.74) is -0.703. The fourth-order valence-electron chi connectivity index (χ4n) is 2.16. The van der Waals surface area contributed by atoms with Crippen molar-refractivity contribution in [3.63, 3.8) is 0 Å². The molecule has 0 radical (unpaired) electrons. The van der Waals surface area contributed by atoms with E-state index in [-0.39, 0.29) is 18.3 Å². The molecule has 1 unspecified atom stereocenters. The van der Waals surface area contributed by atoms with Crippen molar-refractivity contribution in [1.82, 2.24) is 10.6 Å². The predicted molar refractivity (Wildman–Crippen MR) is 101 cm³/mol. The SMILES string of the molecule is COC(=O)[C@@H](NC(=O)C/C=C(\F)C(NC(=O)OC(C)(C)C)C(C)C)C(C)C. The Morgan fingerprint density at radius 2 is 1.52 bits per heavy atom. The Kier molecular flexibility index (Phi) is 10.0. The molecule has 0 saturated carbocycles. The average Bonchev–Trinajstić information content (AvgIpc) is 2.52. The Bertz CT molecular complexity index is 553. The van der Waals surface area contributed by atoms with Gasteiger partial charge in [-0.1, -0.05) is 27.7 Å². The third-order valence-corrected chi connectivity index (χ3v) is 3.56. The first-order valence-corrected chi connectivity index (χ1v) is 9.00. The minimum absolute atomic E-state index is 0.174. The van der Waals surface area contributed by atoms with Crippen LogP contribution in [-0.4, -0.2) is 42.8 Å². The summed E-state index contributed by atoms with van der Waals surface area (Å²) < 4.78 is 24.3. The number of rotatable bonds is 8. The monoisotopic (exact) mass is 388 g/mol. The van der Waals surface area contributed by atoms with Gasteiger partial charge in [0, 0.05) is 6.42 Å². The van der Waals surface area contributed by atoms with Crippen LogP contribution in [0.15, 0.2) is 11.9 Å². The van der Waals surface area contributed by atoms with E-state index >= 15 is 0 Å². The van der Waals surface area contributed by atoms with Crippen LogP contribution in [0.2, 0.25) is 0 Å². The number of alkyl carbamates (subject to hydrolysis) is 1. The highest BCUT2D eigenvalue weighted by molar-refractivity contribution is 5.85. The van der Waals surface area contributed by atoms with Crippen LogP contribution < -0.4 is 10.6 Å². The molecule has 27 heavy (non-hydrogen) atoms. The van der Waals surface area contributed by atoms with Crippen LogP contribution in [0.5, 0.6) is 0 Å². The van der Waals surface area contributed by atoms with Crippen LogP contribution in [0.4, 0.5) is 9.18 Å². The third-order valence-electron chi connectivity index (χ3n) is 3.56. The van der Waals surface area contributed by atoms with Gasteiger partial charge in [-0.15, -0.1) is 0 Å². The van der Waals surface area contributed by atoms with Crippen molar-refractivity contribution in [3.05, 3.63) is 11.9 Å². The van der Waals surface area contributed by atoms with Gasteiger partial charge in [-0.2, -0.15) is 0 Å². The maximum absolute atomic E-state index is 14.5. The zero-order valence-corrected chi connectivity index (χ0v) is 17.5. The number of halogens is 1. The number of esters is 1. The van der Waals surface area contributed by atoms with Crippen molar-refractivity contribution in [2.45, 2.75) is 72.6 Å². The molecule has 0 aromatic rings. The van der Waals surface area contributed by atoms with Crippen LogP contribution in [0.1, 0.15) is 54.9 Å². The summed E-state index contributed by atoms with van der Waals surface area (Å²) in [4.78, 5) is 35.6. The molecular formula is C19H33FN2O5. The second-order valence-electron chi connectivity index (χ2n) is 7.97. The summed E-state index contributed by atoms with van der Waals surface area (Å²) in [5.74, 6) is -2.16. The molecule has 7 nitrogen and oxygen atoms in total. The van der Waals surface area contributed by atoms with E-state index in [4.69, 9.17) is 4.74 Å². The first-order valence-electron chi connectivity index (χ1n) is 9.00. The molecule has 0 aromatic carbocycles. The zero-order chi connectivity index (χ0) is 21.4. The molecule has 0 bridgehead atoms. The van der Waals surface area contributed by atoms with Gasteiger partial charge in [0.05, 0.1) is 13.2 Å². The molecule has 0 heterocycles. The molecule has 8 heteroatoms. The topological polar surface area (TPSA) is 93.7 Å². The number of nitrogens with one attached hydrogen (secondary N) is 2. The van der Waals surface area contributed by atoms with E-state index in [1.54, 1.807) is 48.5 Å². The van der Waals surface area contributed by atoms with Gasteiger partial charge in [0.2, 0.25) is 5.91 Å². The van der Waals surface area contributed by atoms with Crippen LogP contribution in [-0.2, 0) is 19.1 Å². The van der Waals surface area contributed by atoms with Gasteiger partial charge >= 0.3 is 12.1 Å². The highest BCUT2D eigenvalue weighted by atomic mass is 19.1. The van der Waals surface area contributed by atoms with Crippen molar-refractivity contribution >= 4 is 18.0 Å². The molecule has 0 spiro atoms. The number of ether oxygens (including phenoxy) is 2. The van der Waals surface area contributed by atoms with Crippen molar-refractivity contribution < 1.29 is 28.2 Å². The van der Waals surface area contributed by atoms with Gasteiger partial charge in [-0.25, -0.2) is 14.0 Å². The smallest absolute Gasteiger partial charge is 0.408 e. The molecule has 2 amide bonds. The summed E-state index contributed by atoms with van der Waals surface area (Å²) >= 11 is 0. The summed E-state index contributed by atoms with van der Waals surface area (Å²) in [6, 6.07) is -1.73. The molecule has 0 aliphatic heterocycles. The molecule has 0 aromatic heterocycles. The predicted octanol–water partition coefficient (Wildman–Crippen LogP) is 3.09. The lowest BCUT2D eigenvalue weighted by molar-refractivity contribution is -0.146. The molecular weight excluding hydrogens is 355 g/mol. The maximum atomic E-state index is 14.5. The Morgan fingerprint density at radius 3 is 1.93 bits per heavy atom. The van der Waals surface area contributed by atoms with Crippen LogP contribution >= 0.6 is 0 Å². The lowest BCUT2D eigenvalue weighted by atomic mass is 10.0. The van der Waals surface area contributed by atoms with Gasteiger partial charge in [0.25, 0.3) is 0 Å². The minimum Gasteiger partial charge on any atom is -0.467 e. The average molecular weight is 388 g/mol. The van der Waals surface area contributed by atoms with E-state index in [1.807, 2.05) is 0 Å². The number of hydrogen-bond donors (Lipinski definition) is 2. The molecule has 0 fully saturated rings. The van der Waals surface area contributed by atoms with E-state index in [0.717, 1.165) is 6.08 Å². The third kappa shape index (κ3) is 9.96. The summed E-state index contributed by atoms with van der Waals surface area (Å²) in [7, 11) is 1.24.